The fraction of sp³-hybridized carbons (Fsp3) is 1.00. The van der Waals surface area contributed by atoms with Crippen molar-refractivity contribution in [1.82, 2.24) is 4.90 Å². The maximum absolute atomic E-state index is 2.53. The normalized spacial score (nSPS) is 18.0. The molecule has 0 aromatic rings. The van der Waals surface area contributed by atoms with Crippen molar-refractivity contribution in [2.75, 3.05) is 7.05 Å². The van der Waals surface area contributed by atoms with Gasteiger partial charge in [-0.3, -0.25) is 4.90 Å². The number of hydrogen-bond donors (Lipinski definition) is 0. The van der Waals surface area contributed by atoms with E-state index in [4.69, 9.17) is 0 Å². The Kier molecular flexibility index (Phi) is 4.85. The van der Waals surface area contributed by atoms with E-state index >= 15 is 0 Å². The molecule has 15 heavy (non-hydrogen) atoms. The van der Waals surface area contributed by atoms with Crippen LogP contribution in [0.4, 0.5) is 0 Å². The lowest BCUT2D eigenvalue weighted by atomic mass is 9.75. The molecule has 0 aromatic carbocycles. The molecule has 0 aromatic heterocycles. The topological polar surface area (TPSA) is 3.24 Å². The van der Waals surface area contributed by atoms with Crippen molar-refractivity contribution in [3.8, 4) is 0 Å². The summed E-state index contributed by atoms with van der Waals surface area (Å²) in [7, 11) is 2.26. The van der Waals surface area contributed by atoms with Gasteiger partial charge in [-0.2, -0.15) is 0 Å². The van der Waals surface area contributed by atoms with Crippen molar-refractivity contribution in [3.05, 3.63) is 0 Å². The molecular weight excluding hydrogens is 182 g/mol. The molecule has 2 atom stereocenters. The quantitative estimate of drug-likeness (QED) is 0.680. The zero-order valence-electron chi connectivity index (χ0n) is 12.3. The predicted octanol–water partition coefficient (Wildman–Crippen LogP) is 4.18. The van der Waals surface area contributed by atoms with Crippen LogP contribution in [0.3, 0.4) is 0 Å². The van der Waals surface area contributed by atoms with Gasteiger partial charge < -0.3 is 0 Å². The summed E-state index contributed by atoms with van der Waals surface area (Å²) in [6, 6.07) is 0.671. The Morgan fingerprint density at radius 2 is 1.40 bits per heavy atom. The van der Waals surface area contributed by atoms with Crippen LogP contribution >= 0.6 is 0 Å². The molecule has 0 saturated carbocycles. The summed E-state index contributed by atoms with van der Waals surface area (Å²) in [6.07, 6.45) is 1.23. The van der Waals surface area contributed by atoms with Gasteiger partial charge in [0.05, 0.1) is 0 Å². The molecule has 0 aliphatic heterocycles. The molecule has 1 nitrogen and oxygen atoms in total. The van der Waals surface area contributed by atoms with E-state index in [9.17, 15) is 0 Å². The van der Waals surface area contributed by atoms with Crippen molar-refractivity contribution in [2.45, 2.75) is 73.4 Å². The predicted molar refractivity (Wildman–Crippen MR) is 70.2 cm³/mol. The van der Waals surface area contributed by atoms with E-state index in [0.29, 0.717) is 17.4 Å². The second-order valence-electron chi connectivity index (χ2n) is 6.91. The van der Waals surface area contributed by atoms with E-state index in [-0.39, 0.29) is 5.54 Å². The van der Waals surface area contributed by atoms with Crippen LogP contribution in [0, 0.1) is 11.3 Å². The first kappa shape index (κ1) is 15.0. The Bertz CT molecular complexity index is 162. The Hall–Kier alpha value is -0.0400. The summed E-state index contributed by atoms with van der Waals surface area (Å²) in [5, 5.41) is 0. The molecule has 92 valence electrons. The fourth-order valence-corrected chi connectivity index (χ4v) is 2.04. The van der Waals surface area contributed by atoms with Gasteiger partial charge in [0.2, 0.25) is 0 Å². The van der Waals surface area contributed by atoms with Crippen LogP contribution < -0.4 is 0 Å². The van der Waals surface area contributed by atoms with Gasteiger partial charge in [-0.15, -0.1) is 0 Å². The third kappa shape index (κ3) is 4.14. The minimum absolute atomic E-state index is 0.264. The molecule has 0 heterocycles. The lowest BCUT2D eigenvalue weighted by Gasteiger charge is -2.45. The second kappa shape index (κ2) is 4.86. The highest BCUT2D eigenvalue weighted by atomic mass is 15.2. The van der Waals surface area contributed by atoms with Gasteiger partial charge in [-0.05, 0) is 45.6 Å². The Morgan fingerprint density at radius 3 is 1.60 bits per heavy atom. The first-order chi connectivity index (χ1) is 6.51. The minimum atomic E-state index is 0.264. The van der Waals surface area contributed by atoms with Crippen molar-refractivity contribution in [1.29, 1.82) is 0 Å². The highest BCUT2D eigenvalue weighted by Crippen LogP contribution is 2.33. The third-order valence-electron chi connectivity index (χ3n) is 3.92. The van der Waals surface area contributed by atoms with Gasteiger partial charge >= 0.3 is 0 Å². The minimum Gasteiger partial charge on any atom is -0.298 e. The van der Waals surface area contributed by atoms with E-state index in [2.05, 4.69) is 67.3 Å². The lowest BCUT2D eigenvalue weighted by Crippen LogP contribution is -2.50. The summed E-state index contributed by atoms with van der Waals surface area (Å²) < 4.78 is 0. The summed E-state index contributed by atoms with van der Waals surface area (Å²) in [4.78, 5) is 2.53. The van der Waals surface area contributed by atoms with Gasteiger partial charge in [0, 0.05) is 11.6 Å². The maximum Gasteiger partial charge on any atom is 0.0125 e. The van der Waals surface area contributed by atoms with Gasteiger partial charge in [0.1, 0.15) is 0 Å². The molecular formula is C14H31N. The first-order valence-corrected chi connectivity index (χ1v) is 6.24. The van der Waals surface area contributed by atoms with E-state index in [1.54, 1.807) is 0 Å². The summed E-state index contributed by atoms with van der Waals surface area (Å²) in [6.45, 7) is 18.6. The molecule has 0 spiro atoms. The van der Waals surface area contributed by atoms with Crippen molar-refractivity contribution >= 4 is 0 Å². The highest BCUT2D eigenvalue weighted by molar-refractivity contribution is 4.87. The average Bonchev–Trinajstić information content (AvgIpc) is 2.01. The smallest absolute Gasteiger partial charge is 0.0125 e. The maximum atomic E-state index is 2.53. The number of nitrogens with zero attached hydrogens (tertiary/aromatic N) is 1. The number of hydrogen-bond acceptors (Lipinski definition) is 1. The fourth-order valence-electron chi connectivity index (χ4n) is 2.04. The standard InChI is InChI=1S/C14H31N/c1-10-12(11(2)13(3,4)5)15(9)14(6,7)8/h11-12H,10H2,1-9H3. The first-order valence-electron chi connectivity index (χ1n) is 6.24. The molecule has 0 bridgehead atoms. The Balaban J connectivity index is 4.78. The van der Waals surface area contributed by atoms with Crippen molar-refractivity contribution in [2.24, 2.45) is 11.3 Å². The van der Waals surface area contributed by atoms with Crippen LogP contribution in [0.5, 0.6) is 0 Å². The summed E-state index contributed by atoms with van der Waals surface area (Å²) >= 11 is 0. The SMILES string of the molecule is CCC(C(C)C(C)(C)C)N(C)C(C)(C)C. The highest BCUT2D eigenvalue weighted by Gasteiger charge is 2.33. The third-order valence-corrected chi connectivity index (χ3v) is 3.92. The van der Waals surface area contributed by atoms with Crippen LogP contribution in [0.25, 0.3) is 0 Å². The largest absolute Gasteiger partial charge is 0.298 e. The van der Waals surface area contributed by atoms with Crippen LogP contribution in [-0.2, 0) is 0 Å². The Morgan fingerprint density at radius 1 is 1.00 bits per heavy atom. The zero-order chi connectivity index (χ0) is 12.4. The van der Waals surface area contributed by atoms with Crippen molar-refractivity contribution in [3.63, 3.8) is 0 Å². The monoisotopic (exact) mass is 213 g/mol. The van der Waals surface area contributed by atoms with E-state index in [1.165, 1.54) is 6.42 Å². The van der Waals surface area contributed by atoms with Gasteiger partial charge in [0.25, 0.3) is 0 Å². The average molecular weight is 213 g/mol. The summed E-state index contributed by atoms with van der Waals surface area (Å²) in [5.74, 6) is 0.715. The van der Waals surface area contributed by atoms with E-state index < -0.39 is 0 Å². The molecule has 0 aliphatic carbocycles. The molecule has 0 saturated heterocycles. The van der Waals surface area contributed by atoms with Gasteiger partial charge in [-0.25, -0.2) is 0 Å². The van der Waals surface area contributed by atoms with Gasteiger partial charge in [0.15, 0.2) is 0 Å². The zero-order valence-corrected chi connectivity index (χ0v) is 12.3. The molecule has 0 radical (unpaired) electrons. The second-order valence-corrected chi connectivity index (χ2v) is 6.91. The molecule has 0 amide bonds. The number of rotatable bonds is 3. The molecule has 0 N–H and O–H groups in total. The van der Waals surface area contributed by atoms with E-state index in [1.807, 2.05) is 0 Å². The van der Waals surface area contributed by atoms with Crippen LogP contribution in [0.15, 0.2) is 0 Å². The Labute approximate surface area is 97.2 Å². The van der Waals surface area contributed by atoms with Crippen molar-refractivity contribution < 1.29 is 0 Å². The van der Waals surface area contributed by atoms with Crippen LogP contribution in [0.1, 0.15) is 61.8 Å². The van der Waals surface area contributed by atoms with E-state index in [0.717, 1.165) is 0 Å². The molecule has 2 unspecified atom stereocenters. The summed E-state index contributed by atoms with van der Waals surface area (Å²) in [5.41, 5.74) is 0.653. The molecule has 0 fully saturated rings. The van der Waals surface area contributed by atoms with Crippen LogP contribution in [0.2, 0.25) is 0 Å². The van der Waals surface area contributed by atoms with Crippen LogP contribution in [-0.4, -0.2) is 23.5 Å². The lowest BCUT2D eigenvalue weighted by molar-refractivity contribution is 0.0405. The molecule has 0 rings (SSSR count). The van der Waals surface area contributed by atoms with Gasteiger partial charge in [-0.1, -0.05) is 34.6 Å². The molecule has 0 aliphatic rings. The molecule has 1 heteroatoms.